The van der Waals surface area contributed by atoms with Crippen LogP contribution in [0.5, 0.6) is 0 Å². The Morgan fingerprint density at radius 2 is 1.75 bits per heavy atom. The maximum Gasteiger partial charge on any atom is 0.325 e. The Morgan fingerprint density at radius 1 is 1.12 bits per heavy atom. The normalized spacial score (nSPS) is 24.2. The number of carbonyl (C=O) groups is 2. The third-order valence-electron chi connectivity index (χ3n) is 5.51. The standard InChI is InChI=1S/C16H22N4O4/c21-13(22)9-20-8-12(17-18-20)14(23)19-10-15(4-1-2-5-15)24-16(11-19)6-3-7-16/h8H,1-7,9-11H2,(H,21,22). The van der Waals surface area contributed by atoms with Crippen LogP contribution in [0.1, 0.15) is 55.4 Å². The summed E-state index contributed by atoms with van der Waals surface area (Å²) in [5.41, 5.74) is -0.179. The van der Waals surface area contributed by atoms with Gasteiger partial charge in [-0.15, -0.1) is 5.10 Å². The van der Waals surface area contributed by atoms with Crippen molar-refractivity contribution in [3.8, 4) is 0 Å². The highest BCUT2D eigenvalue weighted by molar-refractivity contribution is 5.92. The van der Waals surface area contributed by atoms with E-state index in [1.165, 1.54) is 10.9 Å². The van der Waals surface area contributed by atoms with Gasteiger partial charge in [-0.05, 0) is 32.1 Å². The van der Waals surface area contributed by atoms with Crippen molar-refractivity contribution in [3.05, 3.63) is 11.9 Å². The van der Waals surface area contributed by atoms with Crippen molar-refractivity contribution in [2.24, 2.45) is 0 Å². The van der Waals surface area contributed by atoms with Gasteiger partial charge < -0.3 is 14.7 Å². The second-order valence-corrected chi connectivity index (χ2v) is 7.39. The summed E-state index contributed by atoms with van der Waals surface area (Å²) in [6.07, 6.45) is 8.87. The topological polar surface area (TPSA) is 97.5 Å². The van der Waals surface area contributed by atoms with Crippen LogP contribution in [-0.4, -0.2) is 61.2 Å². The molecule has 8 nitrogen and oxygen atoms in total. The lowest BCUT2D eigenvalue weighted by molar-refractivity contribution is -0.230. The minimum absolute atomic E-state index is 0.174. The average molecular weight is 334 g/mol. The number of carbonyl (C=O) groups excluding carboxylic acids is 1. The first kappa shape index (κ1) is 15.6. The molecule has 2 saturated carbocycles. The molecule has 0 aromatic carbocycles. The van der Waals surface area contributed by atoms with Crippen molar-refractivity contribution >= 4 is 11.9 Å². The van der Waals surface area contributed by atoms with Crippen LogP contribution >= 0.6 is 0 Å². The van der Waals surface area contributed by atoms with Crippen molar-refractivity contribution in [1.29, 1.82) is 0 Å². The van der Waals surface area contributed by atoms with Gasteiger partial charge in [0, 0.05) is 0 Å². The minimum atomic E-state index is -1.01. The van der Waals surface area contributed by atoms with Gasteiger partial charge in [-0.2, -0.15) is 0 Å². The van der Waals surface area contributed by atoms with Crippen LogP contribution in [0.25, 0.3) is 0 Å². The summed E-state index contributed by atoms with van der Waals surface area (Å²) < 4.78 is 7.70. The van der Waals surface area contributed by atoms with Gasteiger partial charge in [0.1, 0.15) is 6.54 Å². The fourth-order valence-corrected chi connectivity index (χ4v) is 4.30. The highest BCUT2D eigenvalue weighted by Gasteiger charge is 2.53. The number of aromatic nitrogens is 3. The molecule has 2 aliphatic carbocycles. The van der Waals surface area contributed by atoms with Crippen LogP contribution in [0.2, 0.25) is 0 Å². The fraction of sp³-hybridized carbons (Fsp3) is 0.750. The summed E-state index contributed by atoms with van der Waals surface area (Å²) in [5.74, 6) is -1.18. The molecule has 3 aliphatic rings. The van der Waals surface area contributed by atoms with Crippen molar-refractivity contribution < 1.29 is 19.4 Å². The molecule has 0 radical (unpaired) electrons. The largest absolute Gasteiger partial charge is 0.480 e. The molecule has 0 atom stereocenters. The van der Waals surface area contributed by atoms with Gasteiger partial charge in [-0.25, -0.2) is 4.68 Å². The van der Waals surface area contributed by atoms with Gasteiger partial charge in [0.05, 0.1) is 30.5 Å². The monoisotopic (exact) mass is 334 g/mol. The summed E-state index contributed by atoms with van der Waals surface area (Å²) in [6.45, 7) is 0.899. The molecular weight excluding hydrogens is 312 g/mol. The minimum Gasteiger partial charge on any atom is -0.480 e. The number of carboxylic acid groups (broad SMARTS) is 1. The van der Waals surface area contributed by atoms with E-state index in [2.05, 4.69) is 10.3 Å². The SMILES string of the molecule is O=C(O)Cn1cc(C(=O)N2CC3(CCCC3)OC3(CCC3)C2)nn1. The molecule has 24 heavy (non-hydrogen) atoms. The van der Waals surface area contributed by atoms with E-state index in [1.807, 2.05) is 4.90 Å². The first-order valence-electron chi connectivity index (χ1n) is 8.61. The number of aliphatic carboxylic acids is 1. The number of morpholine rings is 1. The lowest BCUT2D eigenvalue weighted by Crippen LogP contribution is -2.64. The first-order valence-corrected chi connectivity index (χ1v) is 8.61. The van der Waals surface area contributed by atoms with Gasteiger partial charge in [0.2, 0.25) is 0 Å². The Hall–Kier alpha value is -1.96. The van der Waals surface area contributed by atoms with E-state index < -0.39 is 5.97 Å². The molecule has 1 aliphatic heterocycles. The second kappa shape index (κ2) is 5.54. The summed E-state index contributed by atoms with van der Waals surface area (Å²) in [7, 11) is 0. The van der Waals surface area contributed by atoms with E-state index in [4.69, 9.17) is 9.84 Å². The molecule has 4 rings (SSSR count). The zero-order valence-electron chi connectivity index (χ0n) is 13.6. The molecule has 2 heterocycles. The van der Waals surface area contributed by atoms with Gasteiger partial charge >= 0.3 is 5.97 Å². The van der Waals surface area contributed by atoms with Gasteiger partial charge in [-0.3, -0.25) is 9.59 Å². The van der Waals surface area contributed by atoms with Crippen LogP contribution in [0.15, 0.2) is 6.20 Å². The Kier molecular flexibility index (Phi) is 3.59. The first-order chi connectivity index (χ1) is 11.5. The molecule has 1 aromatic rings. The smallest absolute Gasteiger partial charge is 0.325 e. The summed E-state index contributed by atoms with van der Waals surface area (Å²) in [5, 5.41) is 16.4. The molecule has 0 unspecified atom stereocenters. The van der Waals surface area contributed by atoms with Crippen LogP contribution in [0.3, 0.4) is 0 Å². The van der Waals surface area contributed by atoms with Crippen LogP contribution in [-0.2, 0) is 16.1 Å². The predicted octanol–water partition coefficient (Wildman–Crippen LogP) is 1.07. The zero-order valence-corrected chi connectivity index (χ0v) is 13.6. The molecule has 1 saturated heterocycles. The molecule has 2 spiro atoms. The molecule has 130 valence electrons. The predicted molar refractivity (Wildman–Crippen MR) is 82.4 cm³/mol. The second-order valence-electron chi connectivity index (χ2n) is 7.39. The number of amides is 1. The Bertz CT molecular complexity index is 661. The molecule has 3 fully saturated rings. The van der Waals surface area contributed by atoms with Crippen LogP contribution in [0, 0.1) is 0 Å². The molecule has 1 amide bonds. The maximum atomic E-state index is 12.9. The molecule has 1 N–H and O–H groups in total. The van der Waals surface area contributed by atoms with Crippen LogP contribution in [0.4, 0.5) is 0 Å². The number of hydrogen-bond donors (Lipinski definition) is 1. The zero-order chi connectivity index (χ0) is 16.8. The van der Waals surface area contributed by atoms with E-state index in [1.54, 1.807) is 0 Å². The highest BCUT2D eigenvalue weighted by atomic mass is 16.5. The highest BCUT2D eigenvalue weighted by Crippen LogP contribution is 2.48. The molecule has 1 aromatic heterocycles. The number of nitrogens with zero attached hydrogens (tertiary/aromatic N) is 4. The Morgan fingerprint density at radius 3 is 2.29 bits per heavy atom. The molecular formula is C16H22N4O4. The maximum absolute atomic E-state index is 12.9. The quantitative estimate of drug-likeness (QED) is 0.888. The van der Waals surface area contributed by atoms with Gasteiger partial charge in [-0.1, -0.05) is 18.1 Å². The van der Waals surface area contributed by atoms with Crippen LogP contribution < -0.4 is 0 Å². The van der Waals surface area contributed by atoms with E-state index in [0.717, 1.165) is 44.9 Å². The van der Waals surface area contributed by atoms with Crippen molar-refractivity contribution in [3.63, 3.8) is 0 Å². The lowest BCUT2D eigenvalue weighted by atomic mass is 9.76. The lowest BCUT2D eigenvalue weighted by Gasteiger charge is -2.55. The molecule has 8 heteroatoms. The van der Waals surface area contributed by atoms with E-state index in [9.17, 15) is 9.59 Å². The number of carboxylic acids is 1. The third kappa shape index (κ3) is 2.68. The molecule has 0 bridgehead atoms. The Labute approximate surface area is 139 Å². The Balaban J connectivity index is 1.54. The number of rotatable bonds is 3. The average Bonchev–Trinajstić information content (AvgIpc) is 3.14. The van der Waals surface area contributed by atoms with Gasteiger partial charge in [0.25, 0.3) is 5.91 Å². The van der Waals surface area contributed by atoms with E-state index in [-0.39, 0.29) is 29.3 Å². The number of ether oxygens (including phenoxy) is 1. The van der Waals surface area contributed by atoms with Crippen molar-refractivity contribution in [2.45, 2.75) is 62.7 Å². The third-order valence-corrected chi connectivity index (χ3v) is 5.51. The fourth-order valence-electron chi connectivity index (χ4n) is 4.30. The number of hydrogen-bond acceptors (Lipinski definition) is 5. The van der Waals surface area contributed by atoms with Crippen molar-refractivity contribution in [1.82, 2.24) is 19.9 Å². The summed E-state index contributed by atoms with van der Waals surface area (Å²) >= 11 is 0. The van der Waals surface area contributed by atoms with E-state index in [0.29, 0.717) is 13.1 Å². The van der Waals surface area contributed by atoms with E-state index >= 15 is 0 Å². The van der Waals surface area contributed by atoms with Gasteiger partial charge in [0.15, 0.2) is 5.69 Å². The van der Waals surface area contributed by atoms with Crippen molar-refractivity contribution in [2.75, 3.05) is 13.1 Å². The summed E-state index contributed by atoms with van der Waals surface area (Å²) in [6, 6.07) is 0. The summed E-state index contributed by atoms with van der Waals surface area (Å²) in [4.78, 5) is 25.5.